The van der Waals surface area contributed by atoms with Crippen LogP contribution >= 0.6 is 0 Å². The molecule has 2 aliphatic carbocycles. The van der Waals surface area contributed by atoms with Gasteiger partial charge in [-0.15, -0.1) is 0 Å². The van der Waals surface area contributed by atoms with Crippen LogP contribution in [-0.4, -0.2) is 36.2 Å². The predicted molar refractivity (Wildman–Crippen MR) is 62.8 cm³/mol. The lowest BCUT2D eigenvalue weighted by molar-refractivity contribution is 0.155. The van der Waals surface area contributed by atoms with Gasteiger partial charge in [0.15, 0.2) is 0 Å². The highest BCUT2D eigenvalue weighted by Crippen LogP contribution is 2.31. The van der Waals surface area contributed by atoms with Crippen molar-refractivity contribution >= 4 is 0 Å². The van der Waals surface area contributed by atoms with Crippen LogP contribution in [0.4, 0.5) is 0 Å². The van der Waals surface area contributed by atoms with Crippen molar-refractivity contribution < 1.29 is 5.11 Å². The molecule has 0 aromatic carbocycles. The van der Waals surface area contributed by atoms with Gasteiger partial charge < -0.3 is 10.0 Å². The Morgan fingerprint density at radius 2 is 1.47 bits per heavy atom. The fraction of sp³-hybridized carbons (Fsp3) is 1.00. The number of aliphatic hydroxyl groups excluding tert-OH is 1. The quantitative estimate of drug-likeness (QED) is 0.728. The third-order valence-electron chi connectivity index (χ3n) is 3.87. The summed E-state index contributed by atoms with van der Waals surface area (Å²) in [7, 11) is 0. The van der Waals surface area contributed by atoms with Crippen molar-refractivity contribution in [1.82, 2.24) is 4.90 Å². The highest BCUT2D eigenvalue weighted by Gasteiger charge is 2.25. The minimum atomic E-state index is 0.333. The van der Waals surface area contributed by atoms with Gasteiger partial charge in [0, 0.05) is 19.6 Å². The molecule has 0 saturated heterocycles. The molecule has 0 aliphatic heterocycles. The van der Waals surface area contributed by atoms with E-state index in [0.29, 0.717) is 6.61 Å². The molecule has 1 N–H and O–H groups in total. The maximum atomic E-state index is 9.06. The fourth-order valence-corrected chi connectivity index (χ4v) is 2.80. The van der Waals surface area contributed by atoms with Crippen LogP contribution in [0, 0.1) is 11.8 Å². The van der Waals surface area contributed by atoms with Crippen LogP contribution in [0.1, 0.15) is 44.9 Å². The van der Waals surface area contributed by atoms with Crippen molar-refractivity contribution in [3.63, 3.8) is 0 Å². The van der Waals surface area contributed by atoms with E-state index >= 15 is 0 Å². The van der Waals surface area contributed by atoms with Crippen molar-refractivity contribution in [3.8, 4) is 0 Å². The largest absolute Gasteiger partial charge is 0.395 e. The van der Waals surface area contributed by atoms with Gasteiger partial charge in [-0.1, -0.05) is 19.3 Å². The van der Waals surface area contributed by atoms with Gasteiger partial charge in [-0.3, -0.25) is 0 Å². The van der Waals surface area contributed by atoms with Gasteiger partial charge in [-0.2, -0.15) is 0 Å². The number of hydrogen-bond donors (Lipinski definition) is 1. The zero-order chi connectivity index (χ0) is 10.5. The minimum Gasteiger partial charge on any atom is -0.395 e. The molecule has 0 radical (unpaired) electrons. The molecule has 0 amide bonds. The first-order chi connectivity index (χ1) is 7.38. The van der Waals surface area contributed by atoms with Crippen LogP contribution in [0.5, 0.6) is 0 Å². The zero-order valence-corrected chi connectivity index (χ0v) is 9.83. The number of rotatable bonds is 6. The molecule has 0 heterocycles. The summed E-state index contributed by atoms with van der Waals surface area (Å²) < 4.78 is 0. The summed E-state index contributed by atoms with van der Waals surface area (Å²) >= 11 is 0. The van der Waals surface area contributed by atoms with Crippen molar-refractivity contribution in [1.29, 1.82) is 0 Å². The lowest BCUT2D eigenvalue weighted by Gasteiger charge is -2.29. The molecular weight excluding hydrogens is 186 g/mol. The van der Waals surface area contributed by atoms with E-state index in [1.54, 1.807) is 0 Å². The highest BCUT2D eigenvalue weighted by atomic mass is 16.3. The summed E-state index contributed by atoms with van der Waals surface area (Å²) in [4.78, 5) is 2.51. The molecule has 2 rings (SSSR count). The maximum Gasteiger partial charge on any atom is 0.0558 e. The average molecular weight is 211 g/mol. The summed E-state index contributed by atoms with van der Waals surface area (Å²) in [5, 5.41) is 9.06. The molecule has 0 spiro atoms. The van der Waals surface area contributed by atoms with E-state index in [2.05, 4.69) is 4.90 Å². The molecule has 0 bridgehead atoms. The lowest BCUT2D eigenvalue weighted by atomic mass is 9.89. The van der Waals surface area contributed by atoms with Crippen molar-refractivity contribution in [2.75, 3.05) is 26.2 Å². The van der Waals surface area contributed by atoms with Crippen LogP contribution in [0.25, 0.3) is 0 Å². The molecule has 88 valence electrons. The third-order valence-corrected chi connectivity index (χ3v) is 3.87. The van der Waals surface area contributed by atoms with Gasteiger partial charge in [0.2, 0.25) is 0 Å². The average Bonchev–Trinajstić information content (AvgIpc) is 3.03. The van der Waals surface area contributed by atoms with Gasteiger partial charge in [-0.05, 0) is 37.5 Å². The van der Waals surface area contributed by atoms with E-state index in [0.717, 1.165) is 18.4 Å². The Balaban J connectivity index is 1.70. The van der Waals surface area contributed by atoms with Crippen LogP contribution in [0.15, 0.2) is 0 Å². The number of nitrogens with zero attached hydrogens (tertiary/aromatic N) is 1. The summed E-state index contributed by atoms with van der Waals surface area (Å²) in [6.07, 6.45) is 10.00. The molecular formula is C13H25NO. The summed E-state index contributed by atoms with van der Waals surface area (Å²) in [5.41, 5.74) is 0. The summed E-state index contributed by atoms with van der Waals surface area (Å²) in [6.45, 7) is 3.72. The Morgan fingerprint density at radius 1 is 0.867 bits per heavy atom. The Morgan fingerprint density at radius 3 is 2.00 bits per heavy atom. The SMILES string of the molecule is OCCN(CC1CCCCC1)CC1CC1. The highest BCUT2D eigenvalue weighted by molar-refractivity contribution is 4.79. The Kier molecular flexibility index (Phi) is 4.45. The molecule has 15 heavy (non-hydrogen) atoms. The second-order valence-corrected chi connectivity index (χ2v) is 5.43. The fourth-order valence-electron chi connectivity index (χ4n) is 2.80. The monoisotopic (exact) mass is 211 g/mol. The predicted octanol–water partition coefficient (Wildman–Crippen LogP) is 2.27. The zero-order valence-electron chi connectivity index (χ0n) is 9.83. The van der Waals surface area contributed by atoms with E-state index in [9.17, 15) is 0 Å². The summed E-state index contributed by atoms with van der Waals surface area (Å²) in [5.74, 6) is 1.88. The van der Waals surface area contributed by atoms with Crippen LogP contribution in [-0.2, 0) is 0 Å². The molecule has 2 saturated carbocycles. The van der Waals surface area contributed by atoms with Crippen LogP contribution in [0.3, 0.4) is 0 Å². The van der Waals surface area contributed by atoms with Gasteiger partial charge in [-0.25, -0.2) is 0 Å². The third kappa shape index (κ3) is 4.12. The molecule has 2 nitrogen and oxygen atoms in total. The van der Waals surface area contributed by atoms with Crippen LogP contribution < -0.4 is 0 Å². The van der Waals surface area contributed by atoms with E-state index in [1.807, 2.05) is 0 Å². The van der Waals surface area contributed by atoms with E-state index in [4.69, 9.17) is 5.11 Å². The van der Waals surface area contributed by atoms with E-state index in [1.165, 1.54) is 58.0 Å². The lowest BCUT2D eigenvalue weighted by Crippen LogP contribution is -2.34. The molecule has 0 aromatic rings. The second kappa shape index (κ2) is 5.86. The Bertz CT molecular complexity index is 173. The molecule has 0 aromatic heterocycles. The van der Waals surface area contributed by atoms with Crippen LogP contribution in [0.2, 0.25) is 0 Å². The van der Waals surface area contributed by atoms with E-state index < -0.39 is 0 Å². The van der Waals surface area contributed by atoms with Gasteiger partial charge in [0.05, 0.1) is 6.61 Å². The number of hydrogen-bond acceptors (Lipinski definition) is 2. The Labute approximate surface area is 93.7 Å². The normalized spacial score (nSPS) is 23.6. The van der Waals surface area contributed by atoms with Crippen molar-refractivity contribution in [2.45, 2.75) is 44.9 Å². The first-order valence-corrected chi connectivity index (χ1v) is 6.71. The van der Waals surface area contributed by atoms with Crippen molar-refractivity contribution in [3.05, 3.63) is 0 Å². The molecule has 2 heteroatoms. The first-order valence-electron chi connectivity index (χ1n) is 6.71. The summed E-state index contributed by atoms with van der Waals surface area (Å²) in [6, 6.07) is 0. The van der Waals surface area contributed by atoms with E-state index in [-0.39, 0.29) is 0 Å². The molecule has 2 aliphatic rings. The Hall–Kier alpha value is -0.0800. The molecule has 0 atom stereocenters. The second-order valence-electron chi connectivity index (χ2n) is 5.43. The first kappa shape index (κ1) is 11.4. The smallest absolute Gasteiger partial charge is 0.0558 e. The standard InChI is InChI=1S/C13H25NO/c15-9-8-14(11-13-6-7-13)10-12-4-2-1-3-5-12/h12-13,15H,1-11H2. The minimum absolute atomic E-state index is 0.333. The van der Waals surface area contributed by atoms with Crippen molar-refractivity contribution in [2.24, 2.45) is 11.8 Å². The van der Waals surface area contributed by atoms with Gasteiger partial charge in [0.25, 0.3) is 0 Å². The topological polar surface area (TPSA) is 23.5 Å². The number of aliphatic hydroxyl groups is 1. The maximum absolute atomic E-state index is 9.06. The van der Waals surface area contributed by atoms with Gasteiger partial charge >= 0.3 is 0 Å². The molecule has 2 fully saturated rings. The molecule has 0 unspecified atom stereocenters. The van der Waals surface area contributed by atoms with Gasteiger partial charge in [0.1, 0.15) is 0 Å².